The lowest BCUT2D eigenvalue weighted by Gasteiger charge is -2.27. The fourth-order valence-corrected chi connectivity index (χ4v) is 3.86. The van der Waals surface area contributed by atoms with E-state index < -0.39 is 10.0 Å². The van der Waals surface area contributed by atoms with Crippen LogP contribution in [0.15, 0.2) is 29.2 Å². The zero-order valence-electron chi connectivity index (χ0n) is 11.5. The van der Waals surface area contributed by atoms with Gasteiger partial charge in [0.2, 0.25) is 10.0 Å². The zero-order valence-corrected chi connectivity index (χ0v) is 12.4. The second-order valence-electron chi connectivity index (χ2n) is 5.09. The van der Waals surface area contributed by atoms with Crippen molar-refractivity contribution in [3.8, 4) is 6.07 Å². The van der Waals surface area contributed by atoms with Gasteiger partial charge in [0.1, 0.15) is 6.07 Å². The summed E-state index contributed by atoms with van der Waals surface area (Å²) in [5.41, 5.74) is 0.199. The standard InChI is InChI=1S/C14H19N3O2S/c1-17(11-12-6-8-16-9-7-12)20(18,19)14-5-3-2-4-13(14)10-15/h2-5,12,16H,6-9,11H2,1H3. The first kappa shape index (κ1) is 15.0. The highest BCUT2D eigenvalue weighted by Gasteiger charge is 2.26. The number of hydrogen-bond acceptors (Lipinski definition) is 4. The van der Waals surface area contributed by atoms with Gasteiger partial charge in [-0.3, -0.25) is 0 Å². The Balaban J connectivity index is 2.19. The summed E-state index contributed by atoms with van der Waals surface area (Å²) in [6, 6.07) is 8.29. The van der Waals surface area contributed by atoms with Crippen LogP contribution in [-0.2, 0) is 10.0 Å². The number of nitrogens with one attached hydrogen (secondary N) is 1. The van der Waals surface area contributed by atoms with Crippen LogP contribution in [0.1, 0.15) is 18.4 Å². The molecule has 1 heterocycles. The van der Waals surface area contributed by atoms with Gasteiger partial charge in [-0.15, -0.1) is 0 Å². The summed E-state index contributed by atoms with van der Waals surface area (Å²) in [5, 5.41) is 12.3. The molecule has 20 heavy (non-hydrogen) atoms. The molecule has 2 rings (SSSR count). The van der Waals surface area contributed by atoms with E-state index in [2.05, 4.69) is 5.32 Å². The fourth-order valence-electron chi connectivity index (χ4n) is 2.48. The van der Waals surface area contributed by atoms with E-state index in [1.54, 1.807) is 19.2 Å². The summed E-state index contributed by atoms with van der Waals surface area (Å²) in [5.74, 6) is 0.380. The quantitative estimate of drug-likeness (QED) is 0.904. The van der Waals surface area contributed by atoms with Gasteiger partial charge in [0.15, 0.2) is 0 Å². The minimum Gasteiger partial charge on any atom is -0.317 e. The van der Waals surface area contributed by atoms with Gasteiger partial charge in [-0.1, -0.05) is 12.1 Å². The highest BCUT2D eigenvalue weighted by Crippen LogP contribution is 2.21. The first-order chi connectivity index (χ1) is 9.55. The normalized spacial score (nSPS) is 17.1. The lowest BCUT2D eigenvalue weighted by Crippen LogP contribution is -2.37. The molecule has 1 fully saturated rings. The number of hydrogen-bond donors (Lipinski definition) is 1. The van der Waals surface area contributed by atoms with Crippen LogP contribution in [-0.4, -0.2) is 39.4 Å². The molecule has 6 heteroatoms. The number of piperidine rings is 1. The smallest absolute Gasteiger partial charge is 0.244 e. The second kappa shape index (κ2) is 6.35. The Kier molecular flexibility index (Phi) is 4.76. The number of benzene rings is 1. The zero-order chi connectivity index (χ0) is 14.6. The molecule has 1 aliphatic rings. The van der Waals surface area contributed by atoms with Crippen molar-refractivity contribution in [2.45, 2.75) is 17.7 Å². The topological polar surface area (TPSA) is 73.2 Å². The van der Waals surface area contributed by atoms with Crippen molar-refractivity contribution in [3.63, 3.8) is 0 Å². The van der Waals surface area contributed by atoms with Gasteiger partial charge < -0.3 is 5.32 Å². The first-order valence-corrected chi connectivity index (χ1v) is 8.16. The number of nitrogens with zero attached hydrogens (tertiary/aromatic N) is 2. The van der Waals surface area contributed by atoms with Crippen molar-refractivity contribution in [2.75, 3.05) is 26.7 Å². The first-order valence-electron chi connectivity index (χ1n) is 6.72. The molecule has 5 nitrogen and oxygen atoms in total. The Labute approximate surface area is 120 Å². The molecule has 1 N–H and O–H groups in total. The highest BCUT2D eigenvalue weighted by atomic mass is 32.2. The number of rotatable bonds is 4. The Hall–Kier alpha value is -1.42. The van der Waals surface area contributed by atoms with Gasteiger partial charge >= 0.3 is 0 Å². The molecule has 1 saturated heterocycles. The van der Waals surface area contributed by atoms with E-state index in [0.717, 1.165) is 25.9 Å². The third-order valence-corrected chi connectivity index (χ3v) is 5.55. The van der Waals surface area contributed by atoms with E-state index >= 15 is 0 Å². The van der Waals surface area contributed by atoms with Crippen LogP contribution in [0.2, 0.25) is 0 Å². The van der Waals surface area contributed by atoms with Crippen molar-refractivity contribution in [1.82, 2.24) is 9.62 Å². The summed E-state index contributed by atoms with van der Waals surface area (Å²) in [4.78, 5) is 0.0962. The second-order valence-corrected chi connectivity index (χ2v) is 7.10. The average Bonchev–Trinajstić information content (AvgIpc) is 2.48. The van der Waals surface area contributed by atoms with E-state index in [9.17, 15) is 8.42 Å². The highest BCUT2D eigenvalue weighted by molar-refractivity contribution is 7.89. The van der Waals surface area contributed by atoms with Crippen LogP contribution in [0.25, 0.3) is 0 Å². The van der Waals surface area contributed by atoms with Crippen LogP contribution in [0.3, 0.4) is 0 Å². The van der Waals surface area contributed by atoms with E-state index in [1.165, 1.54) is 16.4 Å². The Morgan fingerprint density at radius 1 is 1.35 bits per heavy atom. The Morgan fingerprint density at radius 2 is 2.00 bits per heavy atom. The molecule has 1 aromatic carbocycles. The SMILES string of the molecule is CN(CC1CCNCC1)S(=O)(=O)c1ccccc1C#N. The van der Waals surface area contributed by atoms with Crippen molar-refractivity contribution >= 4 is 10.0 Å². The van der Waals surface area contributed by atoms with E-state index in [0.29, 0.717) is 12.5 Å². The minimum absolute atomic E-state index is 0.0962. The van der Waals surface area contributed by atoms with Crippen LogP contribution in [0.5, 0.6) is 0 Å². The monoisotopic (exact) mass is 293 g/mol. The summed E-state index contributed by atoms with van der Waals surface area (Å²) >= 11 is 0. The third-order valence-electron chi connectivity index (χ3n) is 3.67. The molecule has 0 unspecified atom stereocenters. The number of nitriles is 1. The summed E-state index contributed by atoms with van der Waals surface area (Å²) in [6.45, 7) is 2.38. The van der Waals surface area contributed by atoms with Gasteiger partial charge in [0.25, 0.3) is 0 Å². The molecule has 0 atom stereocenters. The molecular weight excluding hydrogens is 274 g/mol. The number of sulfonamides is 1. The van der Waals surface area contributed by atoms with Crippen LogP contribution in [0, 0.1) is 17.2 Å². The molecule has 108 valence electrons. The lowest BCUT2D eigenvalue weighted by atomic mass is 9.98. The minimum atomic E-state index is -3.59. The van der Waals surface area contributed by atoms with Gasteiger partial charge in [0.05, 0.1) is 10.5 Å². The van der Waals surface area contributed by atoms with Crippen molar-refractivity contribution in [1.29, 1.82) is 5.26 Å². The van der Waals surface area contributed by atoms with Gasteiger partial charge in [-0.05, 0) is 44.0 Å². The lowest BCUT2D eigenvalue weighted by molar-refractivity contribution is 0.311. The summed E-state index contributed by atoms with van der Waals surface area (Å²) in [6.07, 6.45) is 1.97. The average molecular weight is 293 g/mol. The predicted octanol–water partition coefficient (Wildman–Crippen LogP) is 1.18. The van der Waals surface area contributed by atoms with Gasteiger partial charge in [-0.25, -0.2) is 12.7 Å². The van der Waals surface area contributed by atoms with E-state index in [1.807, 2.05) is 6.07 Å². The maximum absolute atomic E-state index is 12.5. The molecule has 0 spiro atoms. The maximum atomic E-state index is 12.5. The largest absolute Gasteiger partial charge is 0.317 e. The molecule has 0 amide bonds. The summed E-state index contributed by atoms with van der Waals surface area (Å²) < 4.78 is 26.5. The molecule has 0 saturated carbocycles. The molecular formula is C14H19N3O2S. The van der Waals surface area contributed by atoms with Gasteiger partial charge in [0, 0.05) is 13.6 Å². The molecule has 1 aliphatic heterocycles. The Morgan fingerprint density at radius 3 is 2.65 bits per heavy atom. The summed E-state index contributed by atoms with van der Waals surface area (Å²) in [7, 11) is -2.00. The van der Waals surface area contributed by atoms with Crippen LogP contribution >= 0.6 is 0 Å². The Bertz CT molecular complexity index is 601. The van der Waals surface area contributed by atoms with Gasteiger partial charge in [-0.2, -0.15) is 5.26 Å². The molecule has 0 aromatic heterocycles. The van der Waals surface area contributed by atoms with Crippen molar-refractivity contribution < 1.29 is 8.42 Å². The third kappa shape index (κ3) is 3.18. The fraction of sp³-hybridized carbons (Fsp3) is 0.500. The van der Waals surface area contributed by atoms with E-state index in [-0.39, 0.29) is 10.5 Å². The molecule has 0 aliphatic carbocycles. The molecule has 0 radical (unpaired) electrons. The molecule has 1 aromatic rings. The van der Waals surface area contributed by atoms with E-state index in [4.69, 9.17) is 5.26 Å². The predicted molar refractivity (Wildman–Crippen MR) is 76.6 cm³/mol. The van der Waals surface area contributed by atoms with Crippen molar-refractivity contribution in [3.05, 3.63) is 29.8 Å². The van der Waals surface area contributed by atoms with Crippen LogP contribution in [0.4, 0.5) is 0 Å². The van der Waals surface area contributed by atoms with Crippen molar-refractivity contribution in [2.24, 2.45) is 5.92 Å². The van der Waals surface area contributed by atoms with Crippen LogP contribution < -0.4 is 5.32 Å². The molecule has 0 bridgehead atoms. The maximum Gasteiger partial charge on any atom is 0.244 e.